The minimum Gasteiger partial charge on any atom is -0.393 e. The van der Waals surface area contributed by atoms with Crippen molar-refractivity contribution in [1.29, 1.82) is 0 Å². The molecule has 0 saturated carbocycles. The Hall–Kier alpha value is -2.50. The Kier molecular flexibility index (Phi) is 14.2. The normalized spacial score (nSPS) is 13.0. The lowest BCUT2D eigenvalue weighted by atomic mass is 9.95. The maximum atomic E-state index is 10.1. The third-order valence-corrected chi connectivity index (χ3v) is 10.6. The highest BCUT2D eigenvalue weighted by atomic mass is 31.2. The van der Waals surface area contributed by atoms with Gasteiger partial charge in [0.1, 0.15) is 0 Å². The van der Waals surface area contributed by atoms with Crippen LogP contribution in [-0.4, -0.2) is 42.0 Å². The van der Waals surface area contributed by atoms with E-state index < -0.39 is 15.4 Å². The van der Waals surface area contributed by atoms with Gasteiger partial charge in [-0.3, -0.25) is 0 Å². The molecule has 2 atom stereocenters. The molecule has 0 aliphatic carbocycles. The van der Waals surface area contributed by atoms with E-state index in [-0.39, 0.29) is 24.0 Å². The van der Waals surface area contributed by atoms with E-state index >= 15 is 0 Å². The summed E-state index contributed by atoms with van der Waals surface area (Å²) in [6.07, 6.45) is -0.241. The smallest absolute Gasteiger partial charge is 0.333 e. The van der Waals surface area contributed by atoms with Crippen molar-refractivity contribution in [3.05, 3.63) is 121 Å². The molecule has 0 bridgehead atoms. The summed E-state index contributed by atoms with van der Waals surface area (Å²) in [7, 11) is -6.29. The van der Waals surface area contributed by atoms with Gasteiger partial charge in [-0.1, -0.05) is 100 Å². The zero-order chi connectivity index (χ0) is 30.5. The first-order valence-corrected chi connectivity index (χ1v) is 17.0. The molecular formula is C33H44O6P2+2. The van der Waals surface area contributed by atoms with E-state index in [1.54, 1.807) is 97.1 Å². The molecule has 8 heteroatoms. The molecule has 220 valence electrons. The fourth-order valence-electron chi connectivity index (χ4n) is 3.63. The van der Waals surface area contributed by atoms with Crippen LogP contribution < -0.4 is 21.2 Å². The second-order valence-corrected chi connectivity index (χ2v) is 14.9. The number of hydrogen-bond acceptors (Lipinski definition) is 6. The number of aliphatic hydroxyl groups excluding tert-OH is 2. The summed E-state index contributed by atoms with van der Waals surface area (Å²) in [4.78, 5) is 40.5. The molecule has 0 fully saturated rings. The SMILES string of the molecule is CC(C)C(O)CC(O)C(C)C.O[P+](O)(c1ccccc1)c1ccccc1.O[P+](O)(c1ccccc1)c1ccccc1. The monoisotopic (exact) mass is 598 g/mol. The number of aliphatic hydroxyl groups is 2. The predicted octanol–water partition coefficient (Wildman–Crippen LogP) is 4.35. The van der Waals surface area contributed by atoms with E-state index in [1.165, 1.54) is 0 Å². The Balaban J connectivity index is 0.000000219. The molecule has 0 aromatic heterocycles. The van der Waals surface area contributed by atoms with Crippen molar-refractivity contribution in [2.24, 2.45) is 11.8 Å². The van der Waals surface area contributed by atoms with Gasteiger partial charge in [0.25, 0.3) is 0 Å². The van der Waals surface area contributed by atoms with E-state index in [2.05, 4.69) is 0 Å². The van der Waals surface area contributed by atoms with E-state index in [4.69, 9.17) is 0 Å². The first kappa shape index (κ1) is 34.7. The van der Waals surface area contributed by atoms with Crippen LogP contribution in [0.4, 0.5) is 0 Å². The molecule has 2 unspecified atom stereocenters. The molecule has 6 N–H and O–H groups in total. The molecule has 0 heterocycles. The molecule has 0 amide bonds. The first-order chi connectivity index (χ1) is 19.4. The van der Waals surface area contributed by atoms with E-state index in [1.807, 2.05) is 52.0 Å². The highest BCUT2D eigenvalue weighted by molar-refractivity contribution is 7.79. The minimum atomic E-state index is -3.15. The van der Waals surface area contributed by atoms with E-state index in [0.29, 0.717) is 27.6 Å². The van der Waals surface area contributed by atoms with Gasteiger partial charge in [-0.25, -0.2) is 19.6 Å². The quantitative estimate of drug-likeness (QED) is 0.168. The number of benzene rings is 4. The zero-order valence-electron chi connectivity index (χ0n) is 24.1. The minimum absolute atomic E-state index is 0.239. The van der Waals surface area contributed by atoms with Crippen molar-refractivity contribution in [3.8, 4) is 0 Å². The molecule has 41 heavy (non-hydrogen) atoms. The molecular weight excluding hydrogens is 554 g/mol. The third-order valence-electron chi connectivity index (χ3n) is 6.49. The fourth-order valence-corrected chi connectivity index (χ4v) is 6.58. The van der Waals surface area contributed by atoms with Gasteiger partial charge in [0.2, 0.25) is 0 Å². The first-order valence-electron chi connectivity index (χ1n) is 13.6. The van der Waals surface area contributed by atoms with Crippen molar-refractivity contribution in [2.45, 2.75) is 46.3 Å². The van der Waals surface area contributed by atoms with Crippen molar-refractivity contribution < 1.29 is 29.8 Å². The van der Waals surface area contributed by atoms with Gasteiger partial charge < -0.3 is 10.2 Å². The van der Waals surface area contributed by atoms with Crippen LogP contribution in [0.25, 0.3) is 0 Å². The summed E-state index contributed by atoms with van der Waals surface area (Å²) < 4.78 is 0. The van der Waals surface area contributed by atoms with Crippen LogP contribution in [0, 0.1) is 11.8 Å². The van der Waals surface area contributed by atoms with Crippen LogP contribution in [0.3, 0.4) is 0 Å². The van der Waals surface area contributed by atoms with Gasteiger partial charge in [-0.05, 0) is 66.8 Å². The van der Waals surface area contributed by atoms with Gasteiger partial charge in [0.05, 0.1) is 12.2 Å². The number of hydrogen-bond donors (Lipinski definition) is 6. The highest BCUT2D eigenvalue weighted by Gasteiger charge is 2.39. The maximum Gasteiger partial charge on any atom is 0.333 e. The van der Waals surface area contributed by atoms with Gasteiger partial charge in [0, 0.05) is 0 Å². The molecule has 4 aromatic carbocycles. The van der Waals surface area contributed by atoms with Crippen LogP contribution in [0.5, 0.6) is 0 Å². The number of rotatable bonds is 8. The maximum absolute atomic E-state index is 10.1. The second kappa shape index (κ2) is 16.8. The van der Waals surface area contributed by atoms with E-state index in [9.17, 15) is 29.8 Å². The van der Waals surface area contributed by atoms with Crippen LogP contribution in [0.15, 0.2) is 121 Å². The Morgan fingerprint density at radius 2 is 0.610 bits per heavy atom. The lowest BCUT2D eigenvalue weighted by Crippen LogP contribution is -2.25. The molecule has 0 aliphatic rings. The molecule has 4 rings (SSSR count). The molecule has 4 aromatic rings. The molecule has 0 spiro atoms. The summed E-state index contributed by atoms with van der Waals surface area (Å²) in [6, 6.07) is 35.8. The van der Waals surface area contributed by atoms with Crippen molar-refractivity contribution in [3.63, 3.8) is 0 Å². The van der Waals surface area contributed by atoms with Gasteiger partial charge in [-0.15, -0.1) is 0 Å². The summed E-state index contributed by atoms with van der Waals surface area (Å²) in [5.41, 5.74) is 0. The molecule has 0 saturated heterocycles. The topological polar surface area (TPSA) is 121 Å². The summed E-state index contributed by atoms with van der Waals surface area (Å²) >= 11 is 0. The van der Waals surface area contributed by atoms with Crippen molar-refractivity contribution in [1.82, 2.24) is 0 Å². The highest BCUT2D eigenvalue weighted by Crippen LogP contribution is 2.47. The van der Waals surface area contributed by atoms with Gasteiger partial charge in [-0.2, -0.15) is 0 Å². The lowest BCUT2D eigenvalue weighted by Gasteiger charge is -2.20. The largest absolute Gasteiger partial charge is 0.393 e. The van der Waals surface area contributed by atoms with Crippen molar-refractivity contribution >= 4 is 36.7 Å². The fraction of sp³-hybridized carbons (Fsp3) is 0.273. The summed E-state index contributed by atoms with van der Waals surface area (Å²) in [5.74, 6) is 0.479. The molecule has 0 aliphatic heterocycles. The van der Waals surface area contributed by atoms with E-state index in [0.717, 1.165) is 0 Å². The van der Waals surface area contributed by atoms with Crippen LogP contribution in [-0.2, 0) is 0 Å². The summed E-state index contributed by atoms with van der Waals surface area (Å²) in [6.45, 7) is 7.82. The Morgan fingerprint density at radius 3 is 0.780 bits per heavy atom. The Bertz CT molecular complexity index is 1060. The molecule has 6 nitrogen and oxygen atoms in total. The van der Waals surface area contributed by atoms with Crippen LogP contribution >= 0.6 is 15.4 Å². The van der Waals surface area contributed by atoms with Crippen molar-refractivity contribution in [2.75, 3.05) is 0 Å². The van der Waals surface area contributed by atoms with Gasteiger partial charge >= 0.3 is 15.4 Å². The van der Waals surface area contributed by atoms with Crippen LogP contribution in [0.1, 0.15) is 34.1 Å². The van der Waals surface area contributed by atoms with Gasteiger partial charge in [0.15, 0.2) is 21.2 Å². The predicted molar refractivity (Wildman–Crippen MR) is 173 cm³/mol. The zero-order valence-corrected chi connectivity index (χ0v) is 25.9. The second-order valence-electron chi connectivity index (χ2n) is 10.4. The van der Waals surface area contributed by atoms with Crippen LogP contribution in [0.2, 0.25) is 0 Å². The lowest BCUT2D eigenvalue weighted by molar-refractivity contribution is 0.0326. The third kappa shape index (κ3) is 11.0. The Labute approximate surface area is 245 Å². The summed E-state index contributed by atoms with van der Waals surface area (Å²) in [5, 5.41) is 21.1. The Morgan fingerprint density at radius 1 is 0.415 bits per heavy atom. The average molecular weight is 599 g/mol. The standard InChI is InChI=1S/2C12H12O2P.C9H20O2/c2*13-15(14,11-7-3-1-4-8-11)12-9-5-2-6-10-12;1-6(2)8(10)5-9(11)7(3)4/h2*1-10,13-14H;6-11H,5H2,1-4H3/q2*+1;. The molecule has 0 radical (unpaired) electrons. The average Bonchev–Trinajstić information content (AvgIpc) is 2.99.